The normalized spacial score (nSPS) is 23.4. The first-order valence-electron chi connectivity index (χ1n) is 6.69. The molecule has 3 atom stereocenters. The fourth-order valence-electron chi connectivity index (χ4n) is 2.73. The molecule has 0 amide bonds. The van der Waals surface area contributed by atoms with Crippen LogP contribution in [0.5, 0.6) is 5.75 Å². The van der Waals surface area contributed by atoms with Crippen LogP contribution in [0.4, 0.5) is 0 Å². The van der Waals surface area contributed by atoms with Crippen LogP contribution in [0.1, 0.15) is 18.6 Å². The van der Waals surface area contributed by atoms with E-state index in [9.17, 15) is 5.11 Å². The van der Waals surface area contributed by atoms with Gasteiger partial charge in [0.15, 0.2) is 0 Å². The highest BCUT2D eigenvalue weighted by atomic mass is 16.5. The summed E-state index contributed by atoms with van der Waals surface area (Å²) in [4.78, 5) is 0. The summed E-state index contributed by atoms with van der Waals surface area (Å²) in [5.41, 5.74) is 7.64. The molecule has 1 aromatic carbocycles. The van der Waals surface area contributed by atoms with Gasteiger partial charge in [-0.25, -0.2) is 0 Å². The Labute approximate surface area is 117 Å². The van der Waals surface area contributed by atoms with E-state index in [4.69, 9.17) is 15.2 Å². The zero-order valence-corrected chi connectivity index (χ0v) is 11.6. The maximum atomic E-state index is 10.1. The average Bonchev–Trinajstić information content (AvgIpc) is 2.81. The molecule has 3 rings (SSSR count). The van der Waals surface area contributed by atoms with Crippen molar-refractivity contribution in [1.82, 2.24) is 9.78 Å². The number of benzene rings is 1. The van der Waals surface area contributed by atoms with E-state index >= 15 is 0 Å². The number of fused-ring (bicyclic) bond motifs is 3. The molecule has 1 aromatic heterocycles. The van der Waals surface area contributed by atoms with Gasteiger partial charge < -0.3 is 20.3 Å². The molecule has 3 N–H and O–H groups in total. The summed E-state index contributed by atoms with van der Waals surface area (Å²) in [7, 11) is 1.59. The monoisotopic (exact) mass is 277 g/mol. The Morgan fingerprint density at radius 2 is 2.40 bits per heavy atom. The van der Waals surface area contributed by atoms with Crippen LogP contribution < -0.4 is 10.5 Å². The van der Waals surface area contributed by atoms with Crippen LogP contribution in [0.2, 0.25) is 0 Å². The second-order valence-corrected chi connectivity index (χ2v) is 5.25. The maximum absolute atomic E-state index is 10.1. The average molecular weight is 277 g/mol. The van der Waals surface area contributed by atoms with Gasteiger partial charge in [0.05, 0.1) is 23.8 Å². The van der Waals surface area contributed by atoms with Gasteiger partial charge in [-0.15, -0.1) is 0 Å². The third-order valence-corrected chi connectivity index (χ3v) is 3.56. The first-order valence-corrected chi connectivity index (χ1v) is 6.69. The van der Waals surface area contributed by atoms with Gasteiger partial charge in [0.1, 0.15) is 24.6 Å². The number of methoxy groups -OCH3 is 1. The summed E-state index contributed by atoms with van der Waals surface area (Å²) >= 11 is 0. The van der Waals surface area contributed by atoms with Crippen molar-refractivity contribution in [3.8, 4) is 5.75 Å². The smallest absolute Gasteiger partial charge is 0.127 e. The van der Waals surface area contributed by atoms with Crippen LogP contribution in [-0.2, 0) is 11.3 Å². The lowest BCUT2D eigenvalue weighted by Crippen LogP contribution is -2.32. The highest BCUT2D eigenvalue weighted by Gasteiger charge is 2.32. The molecule has 0 bridgehead atoms. The summed E-state index contributed by atoms with van der Waals surface area (Å²) in [6.45, 7) is 2.77. The Morgan fingerprint density at radius 3 is 3.10 bits per heavy atom. The standard InChI is InChI=1S/C14H19N3O3/c1-8(15)6-17-13-9(5-16-17)3-4-11-12(13)14(19-2)10(18)7-20-11/h3-5,8,10,14,18H,6-7,15H2,1-2H3/t8?,10?,14-/m1/s1. The molecule has 2 heterocycles. The first-order chi connectivity index (χ1) is 9.61. The molecule has 108 valence electrons. The highest BCUT2D eigenvalue weighted by molar-refractivity contribution is 5.85. The van der Waals surface area contributed by atoms with E-state index in [1.54, 1.807) is 13.3 Å². The van der Waals surface area contributed by atoms with Crippen molar-refractivity contribution in [1.29, 1.82) is 0 Å². The van der Waals surface area contributed by atoms with Gasteiger partial charge in [-0.1, -0.05) is 0 Å². The van der Waals surface area contributed by atoms with Crippen LogP contribution in [0.3, 0.4) is 0 Å². The molecule has 0 saturated carbocycles. The minimum Gasteiger partial charge on any atom is -0.490 e. The molecule has 2 aromatic rings. The van der Waals surface area contributed by atoms with Gasteiger partial charge in [-0.2, -0.15) is 5.10 Å². The first kappa shape index (κ1) is 13.4. The number of aliphatic hydroxyl groups excluding tert-OH is 1. The predicted molar refractivity (Wildman–Crippen MR) is 74.6 cm³/mol. The van der Waals surface area contributed by atoms with Gasteiger partial charge in [0.25, 0.3) is 0 Å². The van der Waals surface area contributed by atoms with Gasteiger partial charge in [0, 0.05) is 18.5 Å². The van der Waals surface area contributed by atoms with Gasteiger partial charge in [0.2, 0.25) is 0 Å². The molecule has 0 fully saturated rings. The fourth-order valence-corrected chi connectivity index (χ4v) is 2.73. The Bertz CT molecular complexity index is 623. The molecule has 20 heavy (non-hydrogen) atoms. The molecule has 0 aliphatic carbocycles. The summed E-state index contributed by atoms with van der Waals surface area (Å²) in [5, 5.41) is 15.5. The van der Waals surface area contributed by atoms with Crippen molar-refractivity contribution in [2.24, 2.45) is 5.73 Å². The number of aromatic nitrogens is 2. The van der Waals surface area contributed by atoms with E-state index in [-0.39, 0.29) is 12.6 Å². The number of nitrogens with zero attached hydrogens (tertiary/aromatic N) is 2. The van der Waals surface area contributed by atoms with Gasteiger partial charge in [-0.05, 0) is 19.1 Å². The fraction of sp³-hybridized carbons (Fsp3) is 0.500. The molecule has 2 unspecified atom stereocenters. The number of hydrogen-bond donors (Lipinski definition) is 2. The van der Waals surface area contributed by atoms with Crippen LogP contribution in [0.25, 0.3) is 10.9 Å². The molecule has 0 spiro atoms. The van der Waals surface area contributed by atoms with E-state index in [0.29, 0.717) is 6.54 Å². The number of rotatable bonds is 3. The molecule has 1 aliphatic rings. The van der Waals surface area contributed by atoms with Crippen molar-refractivity contribution in [2.45, 2.75) is 31.7 Å². The minimum atomic E-state index is -0.684. The van der Waals surface area contributed by atoms with Crippen LogP contribution in [0.15, 0.2) is 18.3 Å². The van der Waals surface area contributed by atoms with Gasteiger partial charge in [-0.3, -0.25) is 4.68 Å². The topological polar surface area (TPSA) is 82.5 Å². The largest absolute Gasteiger partial charge is 0.490 e. The van der Waals surface area contributed by atoms with Crippen molar-refractivity contribution in [2.75, 3.05) is 13.7 Å². The van der Waals surface area contributed by atoms with E-state index in [1.165, 1.54) is 0 Å². The van der Waals surface area contributed by atoms with E-state index in [2.05, 4.69) is 5.10 Å². The summed E-state index contributed by atoms with van der Waals surface area (Å²) in [6, 6.07) is 3.85. The number of nitrogens with two attached hydrogens (primary N) is 1. The van der Waals surface area contributed by atoms with E-state index in [0.717, 1.165) is 22.2 Å². The second-order valence-electron chi connectivity index (χ2n) is 5.25. The molecule has 6 heteroatoms. The van der Waals surface area contributed by atoms with Crippen LogP contribution >= 0.6 is 0 Å². The zero-order valence-electron chi connectivity index (χ0n) is 11.6. The van der Waals surface area contributed by atoms with Crippen molar-refractivity contribution in [3.63, 3.8) is 0 Å². The lowest BCUT2D eigenvalue weighted by Gasteiger charge is -2.30. The number of ether oxygens (including phenoxy) is 2. The van der Waals surface area contributed by atoms with Crippen molar-refractivity contribution < 1.29 is 14.6 Å². The number of hydrogen-bond acceptors (Lipinski definition) is 5. The Hall–Kier alpha value is -1.63. The lowest BCUT2D eigenvalue weighted by atomic mass is 9.98. The molecule has 1 aliphatic heterocycles. The summed E-state index contributed by atoms with van der Waals surface area (Å²) < 4.78 is 12.9. The second kappa shape index (κ2) is 5.05. The zero-order chi connectivity index (χ0) is 14.3. The summed E-state index contributed by atoms with van der Waals surface area (Å²) in [6.07, 6.45) is 0.703. The third kappa shape index (κ3) is 2.06. The van der Waals surface area contributed by atoms with E-state index < -0.39 is 12.2 Å². The summed E-state index contributed by atoms with van der Waals surface area (Å²) in [5.74, 6) is 0.737. The molecular weight excluding hydrogens is 258 g/mol. The van der Waals surface area contributed by atoms with E-state index in [1.807, 2.05) is 23.7 Å². The number of aliphatic hydroxyl groups is 1. The third-order valence-electron chi connectivity index (χ3n) is 3.56. The Balaban J connectivity index is 2.21. The minimum absolute atomic E-state index is 0.00983. The Morgan fingerprint density at radius 1 is 1.60 bits per heavy atom. The molecule has 0 saturated heterocycles. The lowest BCUT2D eigenvalue weighted by molar-refractivity contribution is -0.0482. The van der Waals surface area contributed by atoms with Crippen LogP contribution in [0, 0.1) is 0 Å². The molecule has 6 nitrogen and oxygen atoms in total. The SMILES string of the molecule is CO[C@H]1c2c(ccc3cnn(CC(C)N)c23)OCC1O. The predicted octanol–water partition coefficient (Wildman–Crippen LogP) is 0.824. The Kier molecular flexibility index (Phi) is 3.37. The van der Waals surface area contributed by atoms with Gasteiger partial charge >= 0.3 is 0 Å². The maximum Gasteiger partial charge on any atom is 0.127 e. The van der Waals surface area contributed by atoms with Crippen molar-refractivity contribution >= 4 is 10.9 Å². The van der Waals surface area contributed by atoms with Crippen molar-refractivity contribution in [3.05, 3.63) is 23.9 Å². The highest BCUT2D eigenvalue weighted by Crippen LogP contribution is 2.39. The molecular formula is C14H19N3O3. The quantitative estimate of drug-likeness (QED) is 0.868. The van der Waals surface area contributed by atoms with Crippen LogP contribution in [-0.4, -0.2) is 40.7 Å². The molecule has 0 radical (unpaired) electrons.